The van der Waals surface area contributed by atoms with Crippen molar-refractivity contribution in [1.29, 1.82) is 0 Å². The number of alkyl halides is 6. The van der Waals surface area contributed by atoms with E-state index in [9.17, 15) is 35.7 Å². The molecule has 2 heterocycles. The van der Waals surface area contributed by atoms with Crippen LogP contribution in [0, 0.1) is 0 Å². The van der Waals surface area contributed by atoms with Crippen LogP contribution >= 0.6 is 0 Å². The number of imidazole rings is 1. The van der Waals surface area contributed by atoms with Crippen molar-refractivity contribution < 1.29 is 49.9 Å². The highest BCUT2D eigenvalue weighted by molar-refractivity contribution is 7.90. The van der Waals surface area contributed by atoms with Crippen LogP contribution in [0.4, 0.5) is 31.1 Å². The molecule has 10 nitrogen and oxygen atoms in total. The van der Waals surface area contributed by atoms with E-state index in [0.717, 1.165) is 24.8 Å². The summed E-state index contributed by atoms with van der Waals surface area (Å²) in [4.78, 5) is 18.4. The number of urea groups is 1. The highest BCUT2D eigenvalue weighted by Gasteiger charge is 2.50. The zero-order valence-corrected chi connectivity index (χ0v) is 30.6. The summed E-state index contributed by atoms with van der Waals surface area (Å²) < 4.78 is 115. The van der Waals surface area contributed by atoms with Crippen LogP contribution in [-0.4, -0.2) is 95.3 Å². The summed E-state index contributed by atoms with van der Waals surface area (Å²) in [5.74, 6) is 0.185. The number of amides is 2. The molecule has 3 rings (SSSR count). The van der Waals surface area contributed by atoms with Gasteiger partial charge in [-0.3, -0.25) is 0 Å². The number of aromatic nitrogens is 2. The van der Waals surface area contributed by atoms with Gasteiger partial charge in [0.05, 0.1) is 36.8 Å². The summed E-state index contributed by atoms with van der Waals surface area (Å²) in [6.45, 7) is 12.5. The number of fused-ring (bicyclic) bond motifs is 1. The van der Waals surface area contributed by atoms with E-state index < -0.39 is 79.4 Å². The number of ether oxygens (including phenoxy) is 3. The first kappa shape index (κ1) is 40.3. The molecule has 274 valence electrons. The molecular formula is C30H47F6N5O5SSi. The van der Waals surface area contributed by atoms with Gasteiger partial charge >= 0.3 is 18.4 Å². The van der Waals surface area contributed by atoms with Crippen LogP contribution in [0.25, 0.3) is 11.0 Å². The SMILES string of the molecule is COC[C@H](c1ccc2c(c1)nc([C@H](COC(C)(C)C(F)(F)F)N[S@+]([O-])C(C)(C)C)n2COCC[Si](C)(C)C)N1C[C@@H](C(F)(F)F)NC1=O. The zero-order valence-electron chi connectivity index (χ0n) is 28.8. The van der Waals surface area contributed by atoms with Crippen molar-refractivity contribution in [3.8, 4) is 0 Å². The Balaban J connectivity index is 2.11. The second-order valence-corrected chi connectivity index (χ2v) is 22.2. The maximum Gasteiger partial charge on any atom is 0.416 e. The molecule has 48 heavy (non-hydrogen) atoms. The molecule has 1 aromatic heterocycles. The van der Waals surface area contributed by atoms with E-state index in [4.69, 9.17) is 19.2 Å². The van der Waals surface area contributed by atoms with Crippen LogP contribution in [0.5, 0.6) is 0 Å². The van der Waals surface area contributed by atoms with Gasteiger partial charge in [-0.1, -0.05) is 25.7 Å². The fourth-order valence-electron chi connectivity index (χ4n) is 4.68. The quantitative estimate of drug-likeness (QED) is 0.0939. The number of hydrogen-bond acceptors (Lipinski definition) is 7. The largest absolute Gasteiger partial charge is 0.598 e. The maximum absolute atomic E-state index is 13.8. The molecule has 1 saturated heterocycles. The number of carbonyl (C=O) groups excluding carboxylic acids is 1. The second-order valence-electron chi connectivity index (χ2n) is 14.5. The molecule has 1 aliphatic rings. The van der Waals surface area contributed by atoms with Crippen LogP contribution in [0.15, 0.2) is 18.2 Å². The molecule has 18 heteroatoms. The number of hydrogen-bond donors (Lipinski definition) is 2. The lowest BCUT2D eigenvalue weighted by atomic mass is 10.1. The fourth-order valence-corrected chi connectivity index (χ4v) is 6.23. The highest BCUT2D eigenvalue weighted by atomic mass is 32.2. The molecule has 1 aromatic carbocycles. The van der Waals surface area contributed by atoms with Crippen molar-refractivity contribution in [3.05, 3.63) is 29.6 Å². The van der Waals surface area contributed by atoms with Crippen molar-refractivity contribution in [2.24, 2.45) is 0 Å². The fraction of sp³-hybridized carbons (Fsp3) is 0.733. The molecule has 1 aliphatic heterocycles. The molecule has 1 fully saturated rings. The monoisotopic (exact) mass is 731 g/mol. The third-order valence-corrected chi connectivity index (χ3v) is 11.2. The number of nitrogens with one attached hydrogen (secondary N) is 2. The lowest BCUT2D eigenvalue weighted by Crippen LogP contribution is -2.47. The Morgan fingerprint density at radius 1 is 1.10 bits per heavy atom. The first-order chi connectivity index (χ1) is 21.9. The van der Waals surface area contributed by atoms with E-state index in [1.54, 1.807) is 43.5 Å². The molecular weight excluding hydrogens is 685 g/mol. The topological polar surface area (TPSA) is 113 Å². The summed E-state index contributed by atoms with van der Waals surface area (Å²) in [5.41, 5.74) is -1.28. The minimum Gasteiger partial charge on any atom is -0.598 e. The molecule has 4 atom stereocenters. The molecule has 0 radical (unpaired) electrons. The first-order valence-electron chi connectivity index (χ1n) is 15.4. The normalized spacial score (nSPS) is 18.8. The third kappa shape index (κ3) is 10.2. The minimum absolute atomic E-state index is 0.0397. The van der Waals surface area contributed by atoms with E-state index in [0.29, 0.717) is 23.2 Å². The van der Waals surface area contributed by atoms with Crippen molar-refractivity contribution >= 4 is 36.5 Å². The van der Waals surface area contributed by atoms with Gasteiger partial charge in [-0.25, -0.2) is 9.78 Å². The van der Waals surface area contributed by atoms with Gasteiger partial charge in [0.25, 0.3) is 0 Å². The van der Waals surface area contributed by atoms with Crippen LogP contribution in [-0.2, 0) is 32.3 Å². The van der Waals surface area contributed by atoms with Gasteiger partial charge in [-0.15, -0.1) is 4.72 Å². The van der Waals surface area contributed by atoms with Crippen molar-refractivity contribution in [1.82, 2.24) is 24.5 Å². The molecule has 0 saturated carbocycles. The lowest BCUT2D eigenvalue weighted by Gasteiger charge is -2.32. The van der Waals surface area contributed by atoms with E-state index >= 15 is 0 Å². The summed E-state index contributed by atoms with van der Waals surface area (Å²) >= 11 is -1.76. The van der Waals surface area contributed by atoms with E-state index in [2.05, 4.69) is 24.4 Å². The Labute approximate surface area is 281 Å². The Kier molecular flexibility index (Phi) is 12.6. The lowest BCUT2D eigenvalue weighted by molar-refractivity contribution is -0.265. The Hall–Kier alpha value is -2.09. The van der Waals surface area contributed by atoms with Crippen LogP contribution < -0.4 is 10.0 Å². The number of benzene rings is 1. The van der Waals surface area contributed by atoms with E-state index in [1.807, 2.05) is 5.32 Å². The third-order valence-electron chi connectivity index (χ3n) is 7.85. The summed E-state index contributed by atoms with van der Waals surface area (Å²) in [5, 5.41) is 1.97. The molecule has 2 aromatic rings. The number of nitrogens with zero attached hydrogens (tertiary/aromatic N) is 3. The molecule has 0 aliphatic carbocycles. The smallest absolute Gasteiger partial charge is 0.416 e. The van der Waals surface area contributed by atoms with Gasteiger partial charge in [-0.2, -0.15) is 26.3 Å². The number of halogens is 6. The molecule has 2 N–H and O–H groups in total. The standard InChI is InChI=1S/C30H47F6N5O5SSi/c1-27(2,3)47(43)39-21(16-46-28(4,5)30(34,35)36)25-37-20-14-19(10-11-22(20)41(25)18-45-12-13-48(7,8)9)23(17-44-6)40-15-24(29(31,32)33)38-26(40)42/h10-11,14,21,23-24,39H,12-13,15-18H2,1-9H3,(H,38,42)/t21-,23+,24-,47+/m0/s1. The van der Waals surface area contributed by atoms with Gasteiger partial charge in [0.15, 0.2) is 5.60 Å². The van der Waals surface area contributed by atoms with Gasteiger partial charge in [0.1, 0.15) is 29.4 Å². The Morgan fingerprint density at radius 3 is 2.27 bits per heavy atom. The van der Waals surface area contributed by atoms with Crippen molar-refractivity contribution in [3.63, 3.8) is 0 Å². The Bertz CT molecular complexity index is 1400. The van der Waals surface area contributed by atoms with E-state index in [-0.39, 0.29) is 19.2 Å². The summed E-state index contributed by atoms with van der Waals surface area (Å²) in [7, 11) is -0.114. The highest BCUT2D eigenvalue weighted by Crippen LogP contribution is 2.36. The van der Waals surface area contributed by atoms with Crippen molar-refractivity contribution in [2.75, 3.05) is 33.5 Å². The van der Waals surface area contributed by atoms with Gasteiger partial charge in [0.2, 0.25) is 0 Å². The number of carbonyl (C=O) groups is 1. The summed E-state index contributed by atoms with van der Waals surface area (Å²) in [6.07, 6.45) is -9.34. The van der Waals surface area contributed by atoms with Gasteiger partial charge in [0, 0.05) is 33.2 Å². The zero-order chi connectivity index (χ0) is 36.5. The minimum atomic E-state index is -4.70. The second kappa shape index (κ2) is 15.0. The molecule has 0 spiro atoms. The number of rotatable bonds is 15. The number of methoxy groups -OCH3 is 1. The van der Waals surface area contributed by atoms with Gasteiger partial charge in [-0.05, 0) is 58.4 Å². The van der Waals surface area contributed by atoms with Crippen LogP contribution in [0.1, 0.15) is 58.1 Å². The predicted octanol–water partition coefficient (Wildman–Crippen LogP) is 6.44. The molecule has 0 unspecified atom stereocenters. The van der Waals surface area contributed by atoms with Crippen molar-refractivity contribution in [2.45, 2.75) is 108 Å². The summed E-state index contributed by atoms with van der Waals surface area (Å²) in [6, 6.07) is 0.744. The van der Waals surface area contributed by atoms with Crippen LogP contribution in [0.3, 0.4) is 0 Å². The van der Waals surface area contributed by atoms with Crippen LogP contribution in [0.2, 0.25) is 25.7 Å². The predicted molar refractivity (Wildman–Crippen MR) is 173 cm³/mol. The Morgan fingerprint density at radius 2 is 1.75 bits per heavy atom. The van der Waals surface area contributed by atoms with E-state index in [1.165, 1.54) is 7.11 Å². The average Bonchev–Trinajstić information content (AvgIpc) is 3.50. The average molecular weight is 732 g/mol. The molecule has 2 amide bonds. The molecule has 0 bridgehead atoms. The van der Waals surface area contributed by atoms with Gasteiger partial charge < -0.3 is 33.5 Å². The maximum atomic E-state index is 13.8. The first-order valence-corrected chi connectivity index (χ1v) is 20.3.